The van der Waals surface area contributed by atoms with E-state index in [0.29, 0.717) is 0 Å². The maximum atomic E-state index is 9.73. The van der Waals surface area contributed by atoms with Crippen molar-refractivity contribution in [3.8, 4) is 0 Å². The summed E-state index contributed by atoms with van der Waals surface area (Å²) in [4.78, 5) is 0. The van der Waals surface area contributed by atoms with E-state index in [9.17, 15) is 10.2 Å². The molecule has 5 N–H and O–H groups in total. The second-order valence-electron chi connectivity index (χ2n) is 4.15. The zero-order valence-corrected chi connectivity index (χ0v) is 9.24. The molecule has 0 radical (unpaired) electrons. The first kappa shape index (κ1) is 14.8. The normalized spacial score (nSPS) is 21.8. The third-order valence-electron chi connectivity index (χ3n) is 2.83. The first-order chi connectivity index (χ1) is 6.99. The molecule has 4 unspecified atom stereocenters. The molecular formula is C10H22O5. The Morgan fingerprint density at radius 3 is 1.27 bits per heavy atom. The predicted molar refractivity (Wildman–Crippen MR) is 55.1 cm³/mol. The first-order valence-corrected chi connectivity index (χ1v) is 5.18. The first-order valence-electron chi connectivity index (χ1n) is 5.18. The third-order valence-corrected chi connectivity index (χ3v) is 2.83. The Morgan fingerprint density at radius 2 is 1.07 bits per heavy atom. The molecule has 0 bridgehead atoms. The second kappa shape index (κ2) is 7.14. The van der Waals surface area contributed by atoms with Gasteiger partial charge in [0.2, 0.25) is 0 Å². The van der Waals surface area contributed by atoms with Crippen molar-refractivity contribution in [2.75, 3.05) is 19.8 Å². The quantitative estimate of drug-likeness (QED) is 0.364. The number of aliphatic hydroxyl groups is 5. The Bertz CT molecular complexity index is 148. The molecule has 0 aromatic heterocycles. The zero-order chi connectivity index (χ0) is 12.0. The fourth-order valence-corrected chi connectivity index (χ4v) is 1.48. The molecule has 0 rings (SSSR count). The number of hydrogen-bond acceptors (Lipinski definition) is 5. The van der Waals surface area contributed by atoms with Crippen LogP contribution in [-0.2, 0) is 0 Å². The van der Waals surface area contributed by atoms with Gasteiger partial charge in [0.05, 0.1) is 18.8 Å². The van der Waals surface area contributed by atoms with Crippen molar-refractivity contribution < 1.29 is 25.5 Å². The van der Waals surface area contributed by atoms with Crippen LogP contribution in [-0.4, -0.2) is 57.6 Å². The van der Waals surface area contributed by atoms with E-state index in [1.807, 2.05) is 0 Å². The molecule has 92 valence electrons. The van der Waals surface area contributed by atoms with Gasteiger partial charge in [0.25, 0.3) is 0 Å². The molecule has 0 saturated carbocycles. The van der Waals surface area contributed by atoms with Crippen molar-refractivity contribution >= 4 is 0 Å². The molecule has 0 aromatic rings. The minimum atomic E-state index is -0.982. The van der Waals surface area contributed by atoms with E-state index in [4.69, 9.17) is 15.3 Å². The maximum Gasteiger partial charge on any atom is 0.0662 e. The van der Waals surface area contributed by atoms with E-state index in [-0.39, 0.29) is 19.8 Å². The van der Waals surface area contributed by atoms with Crippen molar-refractivity contribution in [2.24, 2.45) is 17.8 Å². The fourth-order valence-electron chi connectivity index (χ4n) is 1.48. The van der Waals surface area contributed by atoms with E-state index >= 15 is 0 Å². The Morgan fingerprint density at radius 1 is 0.733 bits per heavy atom. The van der Waals surface area contributed by atoms with E-state index < -0.39 is 30.0 Å². The Kier molecular flexibility index (Phi) is 7.04. The highest BCUT2D eigenvalue weighted by Crippen LogP contribution is 2.21. The summed E-state index contributed by atoms with van der Waals surface area (Å²) in [7, 11) is 0. The predicted octanol–water partition coefficient (Wildman–Crippen LogP) is -1.43. The second-order valence-corrected chi connectivity index (χ2v) is 4.15. The van der Waals surface area contributed by atoms with E-state index in [0.717, 1.165) is 0 Å². The smallest absolute Gasteiger partial charge is 0.0662 e. The van der Waals surface area contributed by atoms with Crippen LogP contribution in [0.15, 0.2) is 0 Å². The standard InChI is InChI=1S/C10H22O5/c1-6(3-11)9(14)8(5-13)10(15)7(2)4-12/h6-15H,3-5H2,1-2H3. The van der Waals surface area contributed by atoms with Crippen LogP contribution in [0, 0.1) is 17.8 Å². The van der Waals surface area contributed by atoms with Gasteiger partial charge < -0.3 is 25.5 Å². The number of hydrogen-bond donors (Lipinski definition) is 5. The van der Waals surface area contributed by atoms with Gasteiger partial charge in [-0.2, -0.15) is 0 Å². The monoisotopic (exact) mass is 222 g/mol. The molecule has 0 spiro atoms. The molecule has 5 nitrogen and oxygen atoms in total. The van der Waals surface area contributed by atoms with Gasteiger partial charge in [-0.25, -0.2) is 0 Å². The van der Waals surface area contributed by atoms with Crippen molar-refractivity contribution in [3.63, 3.8) is 0 Å². The summed E-state index contributed by atoms with van der Waals surface area (Å²) in [6, 6.07) is 0. The number of rotatable bonds is 7. The summed E-state index contributed by atoms with van der Waals surface area (Å²) >= 11 is 0. The summed E-state index contributed by atoms with van der Waals surface area (Å²) in [6.45, 7) is 2.46. The van der Waals surface area contributed by atoms with E-state index in [2.05, 4.69) is 0 Å². The summed E-state index contributed by atoms with van der Waals surface area (Å²) in [6.07, 6.45) is -1.96. The lowest BCUT2D eigenvalue weighted by atomic mass is 9.84. The molecule has 0 saturated heterocycles. The summed E-state index contributed by atoms with van der Waals surface area (Å²) in [5.41, 5.74) is 0. The molecule has 0 aromatic carbocycles. The zero-order valence-electron chi connectivity index (χ0n) is 9.24. The minimum absolute atomic E-state index is 0.210. The van der Waals surface area contributed by atoms with Crippen molar-refractivity contribution in [1.29, 1.82) is 0 Å². The minimum Gasteiger partial charge on any atom is -0.396 e. The SMILES string of the molecule is CC(CO)C(O)C(CO)C(O)C(C)CO. The molecule has 0 aliphatic carbocycles. The molecule has 0 aliphatic rings. The van der Waals surface area contributed by atoms with E-state index in [1.165, 1.54) is 0 Å². The van der Waals surface area contributed by atoms with Crippen LogP contribution in [0.3, 0.4) is 0 Å². The average molecular weight is 222 g/mol. The van der Waals surface area contributed by atoms with Crippen molar-refractivity contribution in [2.45, 2.75) is 26.1 Å². The largest absolute Gasteiger partial charge is 0.396 e. The molecule has 0 heterocycles. The third kappa shape index (κ3) is 4.04. The Balaban J connectivity index is 4.45. The van der Waals surface area contributed by atoms with Crippen LogP contribution in [0.5, 0.6) is 0 Å². The summed E-state index contributed by atoms with van der Waals surface area (Å²) in [5.74, 6) is -1.57. The Hall–Kier alpha value is -0.200. The van der Waals surface area contributed by atoms with Gasteiger partial charge in [-0.15, -0.1) is 0 Å². The lowest BCUT2D eigenvalue weighted by molar-refractivity contribution is -0.0725. The molecule has 0 amide bonds. The van der Waals surface area contributed by atoms with Gasteiger partial charge in [0, 0.05) is 31.0 Å². The Labute approximate surface area is 90.0 Å². The van der Waals surface area contributed by atoms with Gasteiger partial charge in [-0.1, -0.05) is 13.8 Å². The topological polar surface area (TPSA) is 101 Å². The highest BCUT2D eigenvalue weighted by molar-refractivity contribution is 4.81. The van der Waals surface area contributed by atoms with Crippen LogP contribution >= 0.6 is 0 Å². The lowest BCUT2D eigenvalue weighted by Gasteiger charge is -2.31. The molecular weight excluding hydrogens is 200 g/mol. The molecule has 0 aliphatic heterocycles. The fraction of sp³-hybridized carbons (Fsp3) is 1.00. The molecule has 15 heavy (non-hydrogen) atoms. The van der Waals surface area contributed by atoms with Crippen molar-refractivity contribution in [3.05, 3.63) is 0 Å². The number of aliphatic hydroxyl groups excluding tert-OH is 5. The summed E-state index contributed by atoms with van der Waals surface area (Å²) in [5, 5.41) is 46.2. The van der Waals surface area contributed by atoms with Gasteiger partial charge >= 0.3 is 0 Å². The van der Waals surface area contributed by atoms with E-state index in [1.54, 1.807) is 13.8 Å². The van der Waals surface area contributed by atoms with Crippen LogP contribution in [0.2, 0.25) is 0 Å². The van der Waals surface area contributed by atoms with Crippen LogP contribution in [0.1, 0.15) is 13.8 Å². The van der Waals surface area contributed by atoms with Crippen LogP contribution in [0.25, 0.3) is 0 Å². The van der Waals surface area contributed by atoms with Gasteiger partial charge in [-0.3, -0.25) is 0 Å². The maximum absolute atomic E-state index is 9.73. The van der Waals surface area contributed by atoms with Gasteiger partial charge in [0.1, 0.15) is 0 Å². The van der Waals surface area contributed by atoms with Gasteiger partial charge in [0.15, 0.2) is 0 Å². The molecule has 5 heteroatoms. The molecule has 4 atom stereocenters. The highest BCUT2D eigenvalue weighted by atomic mass is 16.3. The van der Waals surface area contributed by atoms with Crippen LogP contribution in [0.4, 0.5) is 0 Å². The highest BCUT2D eigenvalue weighted by Gasteiger charge is 2.32. The van der Waals surface area contributed by atoms with Crippen LogP contribution < -0.4 is 0 Å². The van der Waals surface area contributed by atoms with Gasteiger partial charge in [-0.05, 0) is 0 Å². The average Bonchev–Trinajstić information content (AvgIpc) is 2.27. The summed E-state index contributed by atoms with van der Waals surface area (Å²) < 4.78 is 0. The lowest BCUT2D eigenvalue weighted by Crippen LogP contribution is -2.43. The molecule has 0 fully saturated rings. The van der Waals surface area contributed by atoms with Crippen molar-refractivity contribution in [1.82, 2.24) is 0 Å².